The van der Waals surface area contributed by atoms with Crippen molar-refractivity contribution in [2.45, 2.75) is 19.4 Å². The Hall–Kier alpha value is -1.95. The number of carbonyl (C=O) groups excluding carboxylic acids is 1. The van der Waals surface area contributed by atoms with Crippen molar-refractivity contribution in [2.75, 3.05) is 13.1 Å². The fourth-order valence-corrected chi connectivity index (χ4v) is 1.39. The molecule has 0 aromatic heterocycles. The van der Waals surface area contributed by atoms with Crippen LogP contribution >= 0.6 is 0 Å². The Labute approximate surface area is 110 Å². The van der Waals surface area contributed by atoms with Crippen LogP contribution in [0.5, 0.6) is 0 Å². The van der Waals surface area contributed by atoms with Crippen LogP contribution in [0, 0.1) is 5.82 Å². The summed E-state index contributed by atoms with van der Waals surface area (Å²) in [5.41, 5.74) is 0.925. The Morgan fingerprint density at radius 3 is 2.53 bits per heavy atom. The van der Waals surface area contributed by atoms with Crippen molar-refractivity contribution in [3.8, 4) is 0 Å². The molecule has 1 rings (SSSR count). The molecule has 0 saturated heterocycles. The fourth-order valence-electron chi connectivity index (χ4n) is 1.39. The van der Waals surface area contributed by atoms with Crippen LogP contribution < -0.4 is 10.6 Å². The molecule has 0 aliphatic heterocycles. The second-order valence-electron chi connectivity index (χ2n) is 4.17. The van der Waals surface area contributed by atoms with E-state index in [0.717, 1.165) is 5.56 Å². The van der Waals surface area contributed by atoms with Crippen LogP contribution in [0.3, 0.4) is 0 Å². The molecule has 0 unspecified atom stereocenters. The number of benzene rings is 1. The molecule has 6 heteroatoms. The molecule has 0 bridgehead atoms. The van der Waals surface area contributed by atoms with Gasteiger partial charge in [0.2, 0.25) is 5.91 Å². The Bertz CT molecular complexity index is 434. The maximum Gasteiger partial charge on any atom is 0.320 e. The summed E-state index contributed by atoms with van der Waals surface area (Å²) >= 11 is 0. The van der Waals surface area contributed by atoms with E-state index in [-0.39, 0.29) is 18.3 Å². The molecular formula is C13H17FN2O3. The lowest BCUT2D eigenvalue weighted by atomic mass is 10.1. The van der Waals surface area contributed by atoms with Crippen LogP contribution in [0.4, 0.5) is 4.39 Å². The molecule has 1 aromatic carbocycles. The molecule has 0 heterocycles. The van der Waals surface area contributed by atoms with E-state index in [1.165, 1.54) is 19.1 Å². The van der Waals surface area contributed by atoms with Crippen LogP contribution in [0.25, 0.3) is 0 Å². The second-order valence-corrected chi connectivity index (χ2v) is 4.17. The van der Waals surface area contributed by atoms with Gasteiger partial charge in [-0.15, -0.1) is 0 Å². The summed E-state index contributed by atoms with van der Waals surface area (Å²) < 4.78 is 12.7. The Balaban J connectivity index is 2.20. The summed E-state index contributed by atoms with van der Waals surface area (Å²) in [5.74, 6) is -1.56. The smallest absolute Gasteiger partial charge is 0.320 e. The molecule has 3 N–H and O–H groups in total. The molecule has 0 fully saturated rings. The maximum absolute atomic E-state index is 12.7. The third-order valence-electron chi connectivity index (χ3n) is 2.59. The summed E-state index contributed by atoms with van der Waals surface area (Å²) in [7, 11) is 0. The number of carboxylic acids is 1. The van der Waals surface area contributed by atoms with E-state index in [4.69, 9.17) is 5.11 Å². The Kier molecular flexibility index (Phi) is 5.95. The van der Waals surface area contributed by atoms with Crippen LogP contribution in [-0.4, -0.2) is 36.1 Å². The highest BCUT2D eigenvalue weighted by atomic mass is 19.1. The van der Waals surface area contributed by atoms with E-state index in [1.807, 2.05) is 0 Å². The molecule has 5 nitrogen and oxygen atoms in total. The van der Waals surface area contributed by atoms with Crippen molar-refractivity contribution >= 4 is 11.9 Å². The van der Waals surface area contributed by atoms with Crippen molar-refractivity contribution in [2.24, 2.45) is 0 Å². The molecule has 0 spiro atoms. The van der Waals surface area contributed by atoms with E-state index < -0.39 is 12.0 Å². The summed E-state index contributed by atoms with van der Waals surface area (Å²) in [5, 5.41) is 13.8. The summed E-state index contributed by atoms with van der Waals surface area (Å²) in [4.78, 5) is 21.9. The average Bonchev–Trinajstić information content (AvgIpc) is 2.38. The minimum atomic E-state index is -1.00. The first kappa shape index (κ1) is 15.1. The van der Waals surface area contributed by atoms with Gasteiger partial charge in [-0.25, -0.2) is 4.39 Å². The van der Waals surface area contributed by atoms with Crippen LogP contribution in [0.2, 0.25) is 0 Å². The van der Waals surface area contributed by atoms with Crippen LogP contribution in [-0.2, 0) is 16.0 Å². The molecule has 0 aliphatic rings. The lowest BCUT2D eigenvalue weighted by Gasteiger charge is -2.09. The predicted molar refractivity (Wildman–Crippen MR) is 68.2 cm³/mol. The van der Waals surface area contributed by atoms with Gasteiger partial charge in [0.1, 0.15) is 11.9 Å². The lowest BCUT2D eigenvalue weighted by molar-refractivity contribution is -0.139. The average molecular weight is 268 g/mol. The molecule has 0 radical (unpaired) electrons. The highest BCUT2D eigenvalue weighted by Gasteiger charge is 2.11. The van der Waals surface area contributed by atoms with Gasteiger partial charge in [-0.2, -0.15) is 0 Å². The maximum atomic E-state index is 12.7. The number of hydrogen-bond acceptors (Lipinski definition) is 3. The second kappa shape index (κ2) is 7.48. The highest BCUT2D eigenvalue weighted by molar-refractivity contribution is 5.79. The normalized spacial score (nSPS) is 11.9. The van der Waals surface area contributed by atoms with Crippen LogP contribution in [0.15, 0.2) is 24.3 Å². The van der Waals surface area contributed by atoms with Crippen LogP contribution in [0.1, 0.15) is 12.5 Å². The number of halogens is 1. The first-order valence-corrected chi connectivity index (χ1v) is 5.96. The number of hydrogen-bond donors (Lipinski definition) is 3. The molecule has 1 atom stereocenters. The minimum absolute atomic E-state index is 0.0448. The largest absolute Gasteiger partial charge is 0.480 e. The van der Waals surface area contributed by atoms with Crippen molar-refractivity contribution in [3.63, 3.8) is 0 Å². The first-order chi connectivity index (χ1) is 8.99. The number of rotatable bonds is 7. The van der Waals surface area contributed by atoms with Gasteiger partial charge in [-0.1, -0.05) is 12.1 Å². The molecule has 104 valence electrons. The summed E-state index contributed by atoms with van der Waals surface area (Å²) in [6, 6.07) is 5.29. The fraction of sp³-hybridized carbons (Fsp3) is 0.385. The van der Waals surface area contributed by atoms with Crippen molar-refractivity contribution in [1.29, 1.82) is 0 Å². The third-order valence-corrected chi connectivity index (χ3v) is 2.59. The summed E-state index contributed by atoms with van der Waals surface area (Å²) in [6.45, 7) is 1.85. The van der Waals surface area contributed by atoms with Gasteiger partial charge in [-0.05, 0) is 31.0 Å². The number of carboxylic acid groups (broad SMARTS) is 1. The number of nitrogens with one attached hydrogen (secondary N) is 2. The van der Waals surface area contributed by atoms with Gasteiger partial charge in [0.25, 0.3) is 0 Å². The van der Waals surface area contributed by atoms with Crippen molar-refractivity contribution in [1.82, 2.24) is 10.6 Å². The SMILES string of the molecule is C[C@H](NCC(=O)NCCc1ccc(F)cc1)C(=O)O. The Morgan fingerprint density at radius 1 is 1.32 bits per heavy atom. The van der Waals surface area contributed by atoms with Gasteiger partial charge < -0.3 is 10.4 Å². The van der Waals surface area contributed by atoms with E-state index in [1.54, 1.807) is 12.1 Å². The van der Waals surface area contributed by atoms with E-state index >= 15 is 0 Å². The van der Waals surface area contributed by atoms with Crippen molar-refractivity contribution in [3.05, 3.63) is 35.6 Å². The van der Waals surface area contributed by atoms with E-state index in [2.05, 4.69) is 10.6 Å². The predicted octanol–water partition coefficient (Wildman–Crippen LogP) is 0.547. The molecule has 1 amide bonds. The van der Waals surface area contributed by atoms with Crippen molar-refractivity contribution < 1.29 is 19.1 Å². The third kappa shape index (κ3) is 5.96. The summed E-state index contributed by atoms with van der Waals surface area (Å²) in [6.07, 6.45) is 0.598. The first-order valence-electron chi connectivity index (χ1n) is 5.96. The zero-order valence-electron chi connectivity index (χ0n) is 10.6. The minimum Gasteiger partial charge on any atom is -0.480 e. The number of aliphatic carboxylic acids is 1. The van der Waals surface area contributed by atoms with E-state index in [0.29, 0.717) is 13.0 Å². The number of carbonyl (C=O) groups is 2. The molecular weight excluding hydrogens is 251 g/mol. The Morgan fingerprint density at radius 2 is 1.95 bits per heavy atom. The van der Waals surface area contributed by atoms with Gasteiger partial charge in [0, 0.05) is 6.54 Å². The monoisotopic (exact) mass is 268 g/mol. The molecule has 0 saturated carbocycles. The standard InChI is InChI=1S/C13H17FN2O3/c1-9(13(18)19)16-8-12(17)15-7-6-10-2-4-11(14)5-3-10/h2-5,9,16H,6-8H2,1H3,(H,15,17)(H,18,19)/t9-/m0/s1. The quantitative estimate of drug-likeness (QED) is 0.674. The lowest BCUT2D eigenvalue weighted by Crippen LogP contribution is -2.41. The number of amides is 1. The van der Waals surface area contributed by atoms with E-state index in [9.17, 15) is 14.0 Å². The molecule has 19 heavy (non-hydrogen) atoms. The van der Waals surface area contributed by atoms with Gasteiger partial charge >= 0.3 is 5.97 Å². The topological polar surface area (TPSA) is 78.4 Å². The van der Waals surface area contributed by atoms with Gasteiger partial charge in [0.15, 0.2) is 0 Å². The highest BCUT2D eigenvalue weighted by Crippen LogP contribution is 2.02. The van der Waals surface area contributed by atoms with Gasteiger partial charge in [0.05, 0.1) is 6.54 Å². The zero-order chi connectivity index (χ0) is 14.3. The molecule has 1 aromatic rings. The van der Waals surface area contributed by atoms with Gasteiger partial charge in [-0.3, -0.25) is 14.9 Å². The zero-order valence-corrected chi connectivity index (χ0v) is 10.6. The molecule has 0 aliphatic carbocycles.